The fraction of sp³-hybridized carbons (Fsp3) is 0.286. The van der Waals surface area contributed by atoms with Gasteiger partial charge in [-0.2, -0.15) is 0 Å². The fourth-order valence-corrected chi connectivity index (χ4v) is 2.88. The molecule has 0 radical (unpaired) electrons. The van der Waals surface area contributed by atoms with Crippen LogP contribution in [0.1, 0.15) is 53.3 Å². The van der Waals surface area contributed by atoms with Crippen molar-refractivity contribution in [1.29, 1.82) is 0 Å². The molecule has 0 bridgehead atoms. The number of carbonyl (C=O) groups excluding carboxylic acids is 2. The number of unbranched alkanes of at least 4 members (excludes halogenated alkanes) is 3. The summed E-state index contributed by atoms with van der Waals surface area (Å²) in [6, 6.07) is 13.5. The number of ether oxygens (including phenoxy) is 1. The van der Waals surface area contributed by atoms with Crippen LogP contribution in [0.5, 0.6) is 5.75 Å². The molecule has 0 fully saturated rings. The first-order chi connectivity index (χ1) is 14.0. The molecule has 0 saturated carbocycles. The highest BCUT2D eigenvalue weighted by Crippen LogP contribution is 2.18. The fourth-order valence-electron chi connectivity index (χ4n) is 2.52. The third kappa shape index (κ3) is 7.36. The number of para-hydroxylation sites is 1. The van der Waals surface area contributed by atoms with Gasteiger partial charge in [0.2, 0.25) is 0 Å². The van der Waals surface area contributed by atoms with Crippen molar-refractivity contribution in [3.63, 3.8) is 0 Å². The molecule has 29 heavy (non-hydrogen) atoms. The van der Waals surface area contributed by atoms with E-state index in [2.05, 4.69) is 23.1 Å². The Kier molecular flexibility index (Phi) is 9.40. The topological polar surface area (TPSA) is 79.5 Å². The van der Waals surface area contributed by atoms with Crippen LogP contribution in [-0.4, -0.2) is 23.5 Å². The summed E-state index contributed by atoms with van der Waals surface area (Å²) in [6.45, 7) is 2.69. The number of hydrogen-bond acceptors (Lipinski definition) is 4. The molecule has 0 aromatic heterocycles. The Labute approximate surface area is 180 Å². The van der Waals surface area contributed by atoms with Gasteiger partial charge in [0.1, 0.15) is 5.75 Å². The molecule has 6 nitrogen and oxygen atoms in total. The standard InChI is InChI=1S/C21H24ClN3O3S/c1-2-3-4-9-14-28-18-13-8-6-11-16(18)19(26)23-21(29)25-24-20(27)15-10-5-7-12-17(15)22/h5-8,10-13H,2-4,9,14H2,1H3,(H,24,27)(H2,23,25,26,29). The van der Waals surface area contributed by atoms with Gasteiger partial charge in [-0.25, -0.2) is 0 Å². The Morgan fingerprint density at radius 3 is 2.34 bits per heavy atom. The minimum absolute atomic E-state index is 0.0480. The van der Waals surface area contributed by atoms with Crippen LogP contribution in [0.25, 0.3) is 0 Å². The zero-order valence-electron chi connectivity index (χ0n) is 16.2. The molecule has 2 amide bonds. The summed E-state index contributed by atoms with van der Waals surface area (Å²) in [5, 5.41) is 2.79. The zero-order valence-corrected chi connectivity index (χ0v) is 17.7. The van der Waals surface area contributed by atoms with E-state index in [1.807, 2.05) is 0 Å². The average Bonchev–Trinajstić information content (AvgIpc) is 2.72. The lowest BCUT2D eigenvalue weighted by molar-refractivity contribution is 0.0933. The first-order valence-corrected chi connectivity index (χ1v) is 10.2. The van der Waals surface area contributed by atoms with Crippen molar-refractivity contribution < 1.29 is 14.3 Å². The van der Waals surface area contributed by atoms with E-state index in [1.54, 1.807) is 48.5 Å². The molecular formula is C21H24ClN3O3S. The lowest BCUT2D eigenvalue weighted by Crippen LogP contribution is -2.48. The average molecular weight is 434 g/mol. The molecule has 0 aliphatic carbocycles. The number of rotatable bonds is 8. The Hall–Kier alpha value is -2.64. The molecule has 0 heterocycles. The highest BCUT2D eigenvalue weighted by molar-refractivity contribution is 7.80. The van der Waals surface area contributed by atoms with E-state index >= 15 is 0 Å². The van der Waals surface area contributed by atoms with Crippen LogP contribution in [0.4, 0.5) is 0 Å². The van der Waals surface area contributed by atoms with E-state index in [9.17, 15) is 9.59 Å². The summed E-state index contributed by atoms with van der Waals surface area (Å²) < 4.78 is 5.75. The molecule has 3 N–H and O–H groups in total. The first kappa shape index (κ1) is 22.6. The Bertz CT molecular complexity index is 861. The van der Waals surface area contributed by atoms with E-state index in [-0.39, 0.29) is 10.7 Å². The summed E-state index contributed by atoms with van der Waals surface area (Å²) in [5.41, 5.74) is 5.55. The summed E-state index contributed by atoms with van der Waals surface area (Å²) in [6.07, 6.45) is 4.32. The van der Waals surface area contributed by atoms with Gasteiger partial charge >= 0.3 is 0 Å². The van der Waals surface area contributed by atoms with Crippen molar-refractivity contribution >= 4 is 40.7 Å². The number of thiocarbonyl (C=S) groups is 1. The Morgan fingerprint density at radius 2 is 1.62 bits per heavy atom. The van der Waals surface area contributed by atoms with Gasteiger partial charge in [-0.15, -0.1) is 0 Å². The number of amides is 2. The van der Waals surface area contributed by atoms with Gasteiger partial charge in [0, 0.05) is 0 Å². The van der Waals surface area contributed by atoms with Gasteiger partial charge in [0.25, 0.3) is 11.8 Å². The number of halogens is 1. The third-order valence-corrected chi connectivity index (χ3v) is 4.56. The van der Waals surface area contributed by atoms with E-state index in [0.29, 0.717) is 22.9 Å². The van der Waals surface area contributed by atoms with Crippen molar-refractivity contribution in [2.75, 3.05) is 6.61 Å². The Balaban J connectivity index is 1.87. The van der Waals surface area contributed by atoms with E-state index in [4.69, 9.17) is 28.6 Å². The number of nitrogens with one attached hydrogen (secondary N) is 3. The highest BCUT2D eigenvalue weighted by atomic mass is 35.5. The quantitative estimate of drug-likeness (QED) is 0.329. The zero-order chi connectivity index (χ0) is 21.1. The van der Waals surface area contributed by atoms with E-state index in [1.165, 1.54) is 0 Å². The van der Waals surface area contributed by atoms with Crippen LogP contribution in [0.15, 0.2) is 48.5 Å². The van der Waals surface area contributed by atoms with Gasteiger partial charge in [0.05, 0.1) is 22.8 Å². The largest absolute Gasteiger partial charge is 0.493 e. The van der Waals surface area contributed by atoms with Crippen molar-refractivity contribution in [3.8, 4) is 5.75 Å². The summed E-state index contributed by atoms with van der Waals surface area (Å²) in [5.74, 6) is -0.411. The second-order valence-electron chi connectivity index (χ2n) is 6.25. The van der Waals surface area contributed by atoms with Gasteiger partial charge in [0.15, 0.2) is 5.11 Å². The van der Waals surface area contributed by atoms with Crippen molar-refractivity contribution in [3.05, 3.63) is 64.7 Å². The SMILES string of the molecule is CCCCCCOc1ccccc1C(=O)NC(=S)NNC(=O)c1ccccc1Cl. The van der Waals surface area contributed by atoms with Gasteiger partial charge in [-0.1, -0.05) is 62.1 Å². The first-order valence-electron chi connectivity index (χ1n) is 9.41. The normalized spacial score (nSPS) is 10.1. The van der Waals surface area contributed by atoms with Crippen LogP contribution in [0.3, 0.4) is 0 Å². The van der Waals surface area contributed by atoms with Crippen molar-refractivity contribution in [2.24, 2.45) is 0 Å². The molecule has 0 spiro atoms. The molecule has 0 saturated heterocycles. The summed E-state index contributed by atoms with van der Waals surface area (Å²) in [7, 11) is 0. The lowest BCUT2D eigenvalue weighted by Gasteiger charge is -2.13. The molecule has 8 heteroatoms. The number of benzene rings is 2. The molecule has 2 aromatic rings. The number of hydrazine groups is 1. The van der Waals surface area contributed by atoms with Crippen LogP contribution >= 0.6 is 23.8 Å². The van der Waals surface area contributed by atoms with Crippen LogP contribution < -0.4 is 20.9 Å². The molecule has 154 valence electrons. The van der Waals surface area contributed by atoms with Crippen LogP contribution in [-0.2, 0) is 0 Å². The maximum absolute atomic E-state index is 12.5. The number of carbonyl (C=O) groups is 2. The maximum Gasteiger partial charge on any atom is 0.271 e. The highest BCUT2D eigenvalue weighted by Gasteiger charge is 2.14. The predicted octanol–water partition coefficient (Wildman–Crippen LogP) is 4.25. The van der Waals surface area contributed by atoms with Gasteiger partial charge in [-0.05, 0) is 42.9 Å². The molecule has 2 aromatic carbocycles. The molecule has 0 aliphatic heterocycles. The van der Waals surface area contributed by atoms with Gasteiger partial charge in [-0.3, -0.25) is 25.8 Å². The summed E-state index contributed by atoms with van der Waals surface area (Å²) >= 11 is 11.1. The molecule has 2 rings (SSSR count). The van der Waals surface area contributed by atoms with Crippen LogP contribution in [0, 0.1) is 0 Å². The second kappa shape index (κ2) is 12.0. The maximum atomic E-state index is 12.5. The monoisotopic (exact) mass is 433 g/mol. The molecular weight excluding hydrogens is 410 g/mol. The van der Waals surface area contributed by atoms with Crippen molar-refractivity contribution in [2.45, 2.75) is 32.6 Å². The van der Waals surface area contributed by atoms with Gasteiger partial charge < -0.3 is 4.74 Å². The minimum atomic E-state index is -0.469. The van der Waals surface area contributed by atoms with E-state index < -0.39 is 11.8 Å². The lowest BCUT2D eigenvalue weighted by atomic mass is 10.2. The van der Waals surface area contributed by atoms with Crippen molar-refractivity contribution in [1.82, 2.24) is 16.2 Å². The Morgan fingerprint density at radius 1 is 0.931 bits per heavy atom. The molecule has 0 unspecified atom stereocenters. The second-order valence-corrected chi connectivity index (χ2v) is 7.06. The smallest absolute Gasteiger partial charge is 0.271 e. The molecule has 0 aliphatic rings. The van der Waals surface area contributed by atoms with Crippen LogP contribution in [0.2, 0.25) is 5.02 Å². The van der Waals surface area contributed by atoms with E-state index in [0.717, 1.165) is 25.7 Å². The third-order valence-electron chi connectivity index (χ3n) is 4.02. The molecule has 0 atom stereocenters. The number of hydrogen-bond donors (Lipinski definition) is 3. The summed E-state index contributed by atoms with van der Waals surface area (Å²) in [4.78, 5) is 24.7. The minimum Gasteiger partial charge on any atom is -0.493 e. The predicted molar refractivity (Wildman–Crippen MR) is 118 cm³/mol.